The lowest BCUT2D eigenvalue weighted by Gasteiger charge is -2.20. The normalized spacial score (nSPS) is 11.0. The van der Waals surface area contributed by atoms with E-state index in [1.54, 1.807) is 41.7 Å². The molecule has 0 saturated heterocycles. The summed E-state index contributed by atoms with van der Waals surface area (Å²) in [6.07, 6.45) is 0. The second kappa shape index (κ2) is 8.38. The van der Waals surface area contributed by atoms with Crippen molar-refractivity contribution in [3.8, 4) is 0 Å². The summed E-state index contributed by atoms with van der Waals surface area (Å²) in [4.78, 5) is 16.9. The second-order valence-electron chi connectivity index (χ2n) is 5.82. The van der Waals surface area contributed by atoms with Crippen LogP contribution in [0.1, 0.15) is 15.3 Å². The molecule has 0 fully saturated rings. The maximum Gasteiger partial charge on any atom is 0.238 e. The number of rotatable bonds is 7. The van der Waals surface area contributed by atoms with E-state index in [9.17, 15) is 9.18 Å². The van der Waals surface area contributed by atoms with Crippen LogP contribution in [0.25, 0.3) is 0 Å². The van der Waals surface area contributed by atoms with E-state index in [4.69, 9.17) is 0 Å². The molecule has 0 atom stereocenters. The maximum atomic E-state index is 13.6. The number of amides is 1. The number of hydrogen-bond donors (Lipinski definition) is 1. The fourth-order valence-electron chi connectivity index (χ4n) is 2.49. The average Bonchev–Trinajstić information content (AvgIpc) is 3.25. The van der Waals surface area contributed by atoms with Gasteiger partial charge in [-0.2, -0.15) is 0 Å². The van der Waals surface area contributed by atoms with Crippen LogP contribution in [0, 0.1) is 12.7 Å². The summed E-state index contributed by atoms with van der Waals surface area (Å²) < 4.78 is 13.6. The van der Waals surface area contributed by atoms with Gasteiger partial charge in [-0.25, -0.2) is 4.39 Å². The van der Waals surface area contributed by atoms with Crippen LogP contribution in [0.5, 0.6) is 0 Å². The highest BCUT2D eigenvalue weighted by Gasteiger charge is 2.14. The largest absolute Gasteiger partial charge is 0.325 e. The Morgan fingerprint density at radius 3 is 2.24 bits per heavy atom. The van der Waals surface area contributed by atoms with E-state index in [-0.39, 0.29) is 18.3 Å². The summed E-state index contributed by atoms with van der Waals surface area (Å²) in [5.74, 6) is -0.455. The van der Waals surface area contributed by atoms with Gasteiger partial charge in [0, 0.05) is 28.5 Å². The number of carbonyl (C=O) groups is 1. The molecule has 25 heavy (non-hydrogen) atoms. The molecule has 3 aromatic rings. The highest BCUT2D eigenvalue weighted by molar-refractivity contribution is 7.10. The molecule has 0 aliphatic carbocycles. The lowest BCUT2D eigenvalue weighted by molar-refractivity contribution is -0.117. The summed E-state index contributed by atoms with van der Waals surface area (Å²) >= 11 is 3.36. The highest BCUT2D eigenvalue weighted by atomic mass is 32.1. The quantitative estimate of drug-likeness (QED) is 0.638. The van der Waals surface area contributed by atoms with Crippen molar-refractivity contribution in [3.05, 3.63) is 74.4 Å². The van der Waals surface area contributed by atoms with E-state index in [1.807, 2.05) is 22.9 Å². The zero-order valence-corrected chi connectivity index (χ0v) is 15.5. The van der Waals surface area contributed by atoms with Crippen molar-refractivity contribution in [2.45, 2.75) is 20.0 Å². The summed E-state index contributed by atoms with van der Waals surface area (Å²) in [5.41, 5.74) is 1.05. The molecular weight excluding hydrogens is 355 g/mol. The maximum absolute atomic E-state index is 13.6. The Morgan fingerprint density at radius 1 is 1.08 bits per heavy atom. The fourth-order valence-corrected chi connectivity index (χ4v) is 3.98. The van der Waals surface area contributed by atoms with Gasteiger partial charge >= 0.3 is 0 Å². The van der Waals surface area contributed by atoms with Crippen molar-refractivity contribution < 1.29 is 9.18 Å². The average molecular weight is 375 g/mol. The third-order valence-corrected chi connectivity index (χ3v) is 5.46. The van der Waals surface area contributed by atoms with Crippen molar-refractivity contribution in [2.24, 2.45) is 0 Å². The third kappa shape index (κ3) is 5.22. The van der Waals surface area contributed by atoms with Gasteiger partial charge in [0.15, 0.2) is 0 Å². The van der Waals surface area contributed by atoms with Gasteiger partial charge in [0.1, 0.15) is 5.82 Å². The van der Waals surface area contributed by atoms with E-state index in [2.05, 4.69) is 22.3 Å². The summed E-state index contributed by atoms with van der Waals surface area (Å²) in [5, 5.41) is 6.86. The van der Waals surface area contributed by atoms with Crippen molar-refractivity contribution >= 4 is 34.3 Å². The predicted molar refractivity (Wildman–Crippen MR) is 103 cm³/mol. The molecule has 0 saturated carbocycles. The Balaban J connectivity index is 1.65. The molecule has 0 spiro atoms. The molecule has 1 aromatic carbocycles. The summed E-state index contributed by atoms with van der Waals surface area (Å²) in [7, 11) is 0. The van der Waals surface area contributed by atoms with Crippen LogP contribution in [0.2, 0.25) is 0 Å². The molecule has 3 nitrogen and oxygen atoms in total. The number of nitrogens with zero attached hydrogens (tertiary/aromatic N) is 1. The summed E-state index contributed by atoms with van der Waals surface area (Å²) in [6.45, 7) is 3.38. The van der Waals surface area contributed by atoms with Crippen molar-refractivity contribution in [2.75, 3.05) is 11.9 Å². The first-order valence-electron chi connectivity index (χ1n) is 7.93. The molecule has 0 radical (unpaired) electrons. The van der Waals surface area contributed by atoms with Crippen LogP contribution < -0.4 is 5.32 Å². The molecule has 0 bridgehead atoms. The molecule has 2 heterocycles. The molecule has 2 aromatic heterocycles. The van der Waals surface area contributed by atoms with Crippen LogP contribution in [0.4, 0.5) is 10.1 Å². The first-order chi connectivity index (χ1) is 12.1. The van der Waals surface area contributed by atoms with Gasteiger partial charge in [-0.1, -0.05) is 18.2 Å². The van der Waals surface area contributed by atoms with Crippen LogP contribution in [-0.4, -0.2) is 17.4 Å². The van der Waals surface area contributed by atoms with E-state index in [0.29, 0.717) is 24.3 Å². The molecule has 0 aliphatic rings. The number of benzene rings is 1. The number of nitrogens with one attached hydrogen (secondary N) is 1. The molecule has 6 heteroatoms. The summed E-state index contributed by atoms with van der Waals surface area (Å²) in [6, 6.07) is 12.9. The predicted octanol–water partition coefficient (Wildman–Crippen LogP) is 4.90. The van der Waals surface area contributed by atoms with E-state index < -0.39 is 0 Å². The lowest BCUT2D eigenvalue weighted by atomic mass is 10.2. The number of carbonyl (C=O) groups excluding carboxylic acids is 1. The fraction of sp³-hybridized carbons (Fsp3) is 0.211. The van der Waals surface area contributed by atoms with Gasteiger partial charge in [-0.05, 0) is 47.5 Å². The molecule has 3 rings (SSSR count). The Hall–Kier alpha value is -2.02. The standard InChI is InChI=1S/C19H19FN2OS2/c1-14-6-7-15(10-18(14)20)21-19(23)13-22(11-16-4-2-8-24-16)12-17-5-3-9-25-17/h2-10H,11-13H2,1H3,(H,21,23). The lowest BCUT2D eigenvalue weighted by Crippen LogP contribution is -2.32. The molecule has 1 amide bonds. The van der Waals surface area contributed by atoms with Crippen LogP contribution in [0.15, 0.2) is 53.2 Å². The topological polar surface area (TPSA) is 32.3 Å². The number of halogens is 1. The number of hydrogen-bond acceptors (Lipinski definition) is 4. The van der Waals surface area contributed by atoms with Gasteiger partial charge in [-0.15, -0.1) is 22.7 Å². The van der Waals surface area contributed by atoms with Crippen LogP contribution in [-0.2, 0) is 17.9 Å². The number of anilines is 1. The smallest absolute Gasteiger partial charge is 0.238 e. The van der Waals surface area contributed by atoms with Gasteiger partial charge in [0.2, 0.25) is 5.91 Å². The Morgan fingerprint density at radius 2 is 1.72 bits per heavy atom. The minimum atomic E-state index is -0.313. The van der Waals surface area contributed by atoms with Gasteiger partial charge in [0.05, 0.1) is 6.54 Å². The zero-order valence-electron chi connectivity index (χ0n) is 13.9. The number of aryl methyl sites for hydroxylation is 1. The van der Waals surface area contributed by atoms with Gasteiger partial charge < -0.3 is 5.32 Å². The highest BCUT2D eigenvalue weighted by Crippen LogP contribution is 2.18. The molecule has 130 valence electrons. The molecule has 0 unspecified atom stereocenters. The molecular formula is C19H19FN2OS2. The van der Waals surface area contributed by atoms with Gasteiger partial charge in [0.25, 0.3) is 0 Å². The first kappa shape index (κ1) is 17.8. The minimum Gasteiger partial charge on any atom is -0.325 e. The Labute approximate surface area is 154 Å². The first-order valence-corrected chi connectivity index (χ1v) is 9.69. The van der Waals surface area contributed by atoms with Crippen molar-refractivity contribution in [1.29, 1.82) is 0 Å². The van der Waals surface area contributed by atoms with E-state index >= 15 is 0 Å². The number of thiophene rings is 2. The zero-order chi connectivity index (χ0) is 17.6. The van der Waals surface area contributed by atoms with Crippen molar-refractivity contribution in [1.82, 2.24) is 4.90 Å². The Kier molecular flexibility index (Phi) is 5.96. The van der Waals surface area contributed by atoms with E-state index in [1.165, 1.54) is 15.8 Å². The molecule has 1 N–H and O–H groups in total. The second-order valence-corrected chi connectivity index (χ2v) is 7.88. The SMILES string of the molecule is Cc1ccc(NC(=O)CN(Cc2cccs2)Cc2cccs2)cc1F. The molecule has 0 aliphatic heterocycles. The van der Waals surface area contributed by atoms with E-state index in [0.717, 1.165) is 0 Å². The van der Waals surface area contributed by atoms with Crippen molar-refractivity contribution in [3.63, 3.8) is 0 Å². The van der Waals surface area contributed by atoms with Crippen LogP contribution >= 0.6 is 22.7 Å². The monoisotopic (exact) mass is 374 g/mol. The minimum absolute atomic E-state index is 0.142. The van der Waals surface area contributed by atoms with Gasteiger partial charge in [-0.3, -0.25) is 9.69 Å². The van der Waals surface area contributed by atoms with Crippen LogP contribution in [0.3, 0.4) is 0 Å². The third-order valence-electron chi connectivity index (χ3n) is 3.74. The Bertz CT molecular complexity index is 780.